The van der Waals surface area contributed by atoms with Gasteiger partial charge in [0.05, 0.1) is 16.6 Å². The van der Waals surface area contributed by atoms with Crippen LogP contribution in [0.4, 0.5) is 0 Å². The lowest BCUT2D eigenvalue weighted by molar-refractivity contribution is 0.955. The van der Waals surface area contributed by atoms with Crippen molar-refractivity contribution in [3.05, 3.63) is 164 Å². The van der Waals surface area contributed by atoms with Gasteiger partial charge in [0.1, 0.15) is 0 Å². The van der Waals surface area contributed by atoms with Crippen molar-refractivity contribution in [3.63, 3.8) is 0 Å². The van der Waals surface area contributed by atoms with Crippen LogP contribution in [0.2, 0.25) is 0 Å². The average Bonchev–Trinajstić information content (AvgIpc) is 3.73. The first-order valence-corrected chi connectivity index (χ1v) is 15.4. The van der Waals surface area contributed by atoms with Crippen LogP contribution in [0.5, 0.6) is 0 Å². The molecule has 0 bridgehead atoms. The van der Waals surface area contributed by atoms with Crippen molar-refractivity contribution < 1.29 is 0 Å². The molecule has 46 heavy (non-hydrogen) atoms. The van der Waals surface area contributed by atoms with Gasteiger partial charge in [-0.05, 0) is 35.9 Å². The molecule has 0 aliphatic heterocycles. The molecule has 0 spiro atoms. The Labute approximate surface area is 265 Å². The fourth-order valence-electron chi connectivity index (χ4n) is 6.53. The normalized spacial score (nSPS) is 11.5. The lowest BCUT2D eigenvalue weighted by atomic mass is 9.99. The van der Waals surface area contributed by atoms with Gasteiger partial charge in [-0.1, -0.05) is 127 Å². The van der Waals surface area contributed by atoms with Crippen LogP contribution >= 0.6 is 0 Å². The molecule has 3 aromatic heterocycles. The number of hydrogen-bond donors (Lipinski definition) is 0. The largest absolute Gasteiger partial charge is 0.316 e. The van der Waals surface area contributed by atoms with Crippen LogP contribution in [-0.2, 0) is 0 Å². The first-order chi connectivity index (χ1) is 22.8. The summed E-state index contributed by atoms with van der Waals surface area (Å²) in [6, 6.07) is 54.5. The zero-order valence-electron chi connectivity index (χ0n) is 24.8. The van der Waals surface area contributed by atoms with E-state index in [2.05, 4.69) is 112 Å². The predicted molar refractivity (Wildman–Crippen MR) is 187 cm³/mol. The first kappa shape index (κ1) is 26.1. The summed E-state index contributed by atoms with van der Waals surface area (Å²) in [5.41, 5.74) is 8.57. The van der Waals surface area contributed by atoms with Crippen LogP contribution in [0, 0.1) is 0 Å². The van der Waals surface area contributed by atoms with E-state index >= 15 is 0 Å². The van der Waals surface area contributed by atoms with E-state index in [1.807, 2.05) is 60.7 Å². The first-order valence-electron chi connectivity index (χ1n) is 15.4. The molecule has 3 heterocycles. The highest BCUT2D eigenvalue weighted by molar-refractivity contribution is 6.21. The van der Waals surface area contributed by atoms with Gasteiger partial charge in [-0.15, -0.1) is 0 Å². The van der Waals surface area contributed by atoms with Crippen LogP contribution < -0.4 is 0 Å². The van der Waals surface area contributed by atoms with Gasteiger partial charge >= 0.3 is 0 Å². The van der Waals surface area contributed by atoms with Gasteiger partial charge in [0, 0.05) is 44.7 Å². The fourth-order valence-corrected chi connectivity index (χ4v) is 6.53. The molecule has 5 heteroatoms. The zero-order valence-corrected chi connectivity index (χ0v) is 24.8. The summed E-state index contributed by atoms with van der Waals surface area (Å²) in [5, 5.41) is 3.42. The minimum atomic E-state index is 0.583. The van der Waals surface area contributed by atoms with E-state index < -0.39 is 0 Å². The number of hydrogen-bond acceptors (Lipinski definition) is 3. The standard InChI is InChI=1S/C41H27N5/c1-5-15-28(16-6-1)34-27-35-32-23-13-14-24-36(32)46(38(35)33-25-26-45(37(33)34)31-21-11-4-12-22-31)41-43-39(29-17-7-2-8-18-29)42-40(44-41)30-19-9-3-10-20-30/h1-27H. The summed E-state index contributed by atoms with van der Waals surface area (Å²) in [6.07, 6.45) is 2.17. The molecule has 0 saturated heterocycles. The fraction of sp³-hybridized carbons (Fsp3) is 0. The van der Waals surface area contributed by atoms with Crippen LogP contribution in [0.25, 0.3) is 78.2 Å². The van der Waals surface area contributed by atoms with Crippen molar-refractivity contribution in [1.29, 1.82) is 0 Å². The molecule has 0 fully saturated rings. The lowest BCUT2D eigenvalue weighted by Crippen LogP contribution is -2.06. The molecule has 6 aromatic carbocycles. The Morgan fingerprint density at radius 3 is 1.59 bits per heavy atom. The summed E-state index contributed by atoms with van der Waals surface area (Å²) >= 11 is 0. The third kappa shape index (κ3) is 4.21. The number of benzene rings is 6. The molecule has 0 aliphatic rings. The Morgan fingerprint density at radius 1 is 0.413 bits per heavy atom. The second-order valence-electron chi connectivity index (χ2n) is 11.3. The van der Waals surface area contributed by atoms with E-state index in [0.717, 1.165) is 49.5 Å². The second kappa shape index (κ2) is 10.7. The second-order valence-corrected chi connectivity index (χ2v) is 11.3. The van der Waals surface area contributed by atoms with Gasteiger partial charge in [0.2, 0.25) is 5.95 Å². The van der Waals surface area contributed by atoms with E-state index in [1.54, 1.807) is 0 Å². The van der Waals surface area contributed by atoms with Gasteiger partial charge in [0.25, 0.3) is 0 Å². The number of para-hydroxylation sites is 2. The molecule has 9 aromatic rings. The SMILES string of the molecule is c1ccc(-c2nc(-c3ccccc3)nc(-n3c4ccccc4c4cc(-c5ccccc5)c5c(ccn5-c5ccccc5)c43)n2)cc1. The van der Waals surface area contributed by atoms with Gasteiger partial charge in [-0.2, -0.15) is 9.97 Å². The maximum absolute atomic E-state index is 5.16. The molecule has 0 aliphatic carbocycles. The smallest absolute Gasteiger partial charge is 0.238 e. The van der Waals surface area contributed by atoms with Crippen molar-refractivity contribution in [1.82, 2.24) is 24.1 Å². The van der Waals surface area contributed by atoms with Crippen LogP contribution in [0.15, 0.2) is 164 Å². The Kier molecular flexibility index (Phi) is 6.06. The summed E-state index contributed by atoms with van der Waals surface area (Å²) in [6.45, 7) is 0. The van der Waals surface area contributed by atoms with E-state index in [1.165, 1.54) is 11.1 Å². The van der Waals surface area contributed by atoms with Crippen LogP contribution in [0.3, 0.4) is 0 Å². The molecule has 0 N–H and O–H groups in total. The van der Waals surface area contributed by atoms with Crippen molar-refractivity contribution in [2.24, 2.45) is 0 Å². The topological polar surface area (TPSA) is 48.5 Å². The number of fused-ring (bicyclic) bond motifs is 5. The molecule has 9 rings (SSSR count). The summed E-state index contributed by atoms with van der Waals surface area (Å²) in [7, 11) is 0. The number of nitrogens with zero attached hydrogens (tertiary/aromatic N) is 5. The van der Waals surface area contributed by atoms with Crippen LogP contribution in [0.1, 0.15) is 0 Å². The monoisotopic (exact) mass is 589 g/mol. The summed E-state index contributed by atoms with van der Waals surface area (Å²) < 4.78 is 4.51. The molecule has 0 unspecified atom stereocenters. The minimum Gasteiger partial charge on any atom is -0.316 e. The van der Waals surface area contributed by atoms with Gasteiger partial charge in [-0.25, -0.2) is 4.98 Å². The Hall–Kier alpha value is -6.33. The zero-order chi connectivity index (χ0) is 30.5. The average molecular weight is 590 g/mol. The lowest BCUT2D eigenvalue weighted by Gasteiger charge is -2.14. The highest BCUT2D eigenvalue weighted by atomic mass is 15.2. The Morgan fingerprint density at radius 2 is 0.957 bits per heavy atom. The van der Waals surface area contributed by atoms with Gasteiger partial charge < -0.3 is 4.57 Å². The third-order valence-corrected chi connectivity index (χ3v) is 8.61. The van der Waals surface area contributed by atoms with E-state index in [-0.39, 0.29) is 0 Å². The molecule has 0 amide bonds. The predicted octanol–water partition coefficient (Wildman–Crippen LogP) is 9.91. The minimum absolute atomic E-state index is 0.583. The van der Waals surface area contributed by atoms with Crippen molar-refractivity contribution in [3.8, 4) is 45.5 Å². The number of rotatable bonds is 5. The van der Waals surface area contributed by atoms with Crippen molar-refractivity contribution in [2.45, 2.75) is 0 Å². The number of aromatic nitrogens is 5. The van der Waals surface area contributed by atoms with E-state index in [9.17, 15) is 0 Å². The van der Waals surface area contributed by atoms with Crippen LogP contribution in [-0.4, -0.2) is 24.1 Å². The van der Waals surface area contributed by atoms with Gasteiger partial charge in [0.15, 0.2) is 11.6 Å². The molecular formula is C41H27N5. The molecular weight excluding hydrogens is 562 g/mol. The molecule has 216 valence electrons. The van der Waals surface area contributed by atoms with Crippen molar-refractivity contribution >= 4 is 32.7 Å². The third-order valence-electron chi connectivity index (χ3n) is 8.61. The Bertz CT molecular complexity index is 2440. The highest BCUT2D eigenvalue weighted by Gasteiger charge is 2.23. The molecule has 0 saturated carbocycles. The van der Waals surface area contributed by atoms with Crippen molar-refractivity contribution in [2.75, 3.05) is 0 Å². The maximum atomic E-state index is 5.16. The van der Waals surface area contributed by atoms with E-state index in [4.69, 9.17) is 15.0 Å². The van der Waals surface area contributed by atoms with Gasteiger partial charge in [-0.3, -0.25) is 4.57 Å². The highest BCUT2D eigenvalue weighted by Crippen LogP contribution is 2.42. The van der Waals surface area contributed by atoms with E-state index in [0.29, 0.717) is 17.6 Å². The summed E-state index contributed by atoms with van der Waals surface area (Å²) in [5.74, 6) is 1.85. The molecule has 0 atom stereocenters. The Balaban J connectivity index is 1.43. The molecule has 5 nitrogen and oxygen atoms in total. The maximum Gasteiger partial charge on any atom is 0.238 e. The molecule has 0 radical (unpaired) electrons. The summed E-state index contributed by atoms with van der Waals surface area (Å²) in [4.78, 5) is 15.3. The quantitative estimate of drug-likeness (QED) is 0.201.